The van der Waals surface area contributed by atoms with Crippen LogP contribution in [0.15, 0.2) is 48.5 Å². The average Bonchev–Trinajstić information content (AvgIpc) is 1.38. The van der Waals surface area contributed by atoms with E-state index in [1.165, 1.54) is 19.1 Å². The lowest BCUT2D eigenvalue weighted by Crippen LogP contribution is -2.65. The summed E-state index contributed by atoms with van der Waals surface area (Å²) in [6.07, 6.45) is -9.69. The van der Waals surface area contributed by atoms with Gasteiger partial charge in [0.05, 0.1) is 63.9 Å². The van der Waals surface area contributed by atoms with Crippen molar-refractivity contribution in [2.24, 2.45) is 28.1 Å². The minimum atomic E-state index is -1.60. The number of phenols is 1. The zero-order valence-electron chi connectivity index (χ0n) is 48.6. The number of methoxy groups -OCH3 is 2. The third-order valence-electron chi connectivity index (χ3n) is 20.0. The number of carboxylic acids is 1. The van der Waals surface area contributed by atoms with Gasteiger partial charge in [-0.05, 0) is 123 Å². The number of benzene rings is 2. The number of hydrogen-bond acceptors (Lipinski definition) is 20. The summed E-state index contributed by atoms with van der Waals surface area (Å²) in [6.45, 7) is 3.15. The van der Waals surface area contributed by atoms with Crippen LogP contribution in [-0.2, 0) is 65.2 Å². The van der Waals surface area contributed by atoms with E-state index in [-0.39, 0.29) is 73.5 Å². The smallest absolute Gasteiger partial charge is 0.328 e. The van der Waals surface area contributed by atoms with Crippen molar-refractivity contribution in [3.63, 3.8) is 0 Å². The monoisotopic (exact) mass is 1180 g/mol. The summed E-state index contributed by atoms with van der Waals surface area (Å²) in [5, 5.41) is 99.4. The number of rotatable bonds is 23. The molecule has 0 aromatic heterocycles. The molecule has 4 aliphatic carbocycles. The predicted octanol–water partition coefficient (Wildman–Crippen LogP) is 2.38. The summed E-state index contributed by atoms with van der Waals surface area (Å²) in [6, 6.07) is 11.3. The minimum absolute atomic E-state index is 0.0198. The standard InChI is InChI=1S/C61H88N2O21/c1-58-18-9-19-59(2,57(76)63(24-8-12-35-13-14-43(77-3)40(67)27-35)39(30-47(70)71)52(74)62-38(53(75)78-4)26-34-10-6-5-7-11-34)45(58)15-20-60-22-23-61(33-60,21-16-46(58)60)84-56-51(83-54-42(69)28-36(66)32-79-54)50(49(73)44(81-56)17-25-64)82-55-48(72)41(68)29-37(31-65)80-55/h5-7,10-11,13-14,27,36-39,41-42,44-46,48-51,54-56,64-69,72-73H,8-9,12,15-26,28-33H2,1-4H3,(H,62,74)(H,70,71)/t36-,37-,38?,39+,41-,42+,44+,45-,46-,48+,49+,50-,51+,54-,55-,56-,58+,59+,60+,61+/m0/s1. The number of amides is 2. The number of aliphatic hydroxyl groups is 7. The molecule has 2 bridgehead atoms. The van der Waals surface area contributed by atoms with Gasteiger partial charge in [0.1, 0.15) is 42.6 Å². The molecule has 9 rings (SSSR count). The lowest BCUT2D eigenvalue weighted by atomic mass is 9.40. The van der Waals surface area contributed by atoms with Gasteiger partial charge in [-0.1, -0.05) is 56.7 Å². The van der Waals surface area contributed by atoms with Gasteiger partial charge in [0.2, 0.25) is 11.8 Å². The van der Waals surface area contributed by atoms with Crippen molar-refractivity contribution in [2.45, 2.75) is 214 Å². The Morgan fingerprint density at radius 3 is 2.25 bits per heavy atom. The number of fused-ring (bicyclic) bond motifs is 3. The van der Waals surface area contributed by atoms with Crippen molar-refractivity contribution in [2.75, 3.05) is 40.6 Å². The molecule has 2 amide bonds. The van der Waals surface area contributed by atoms with Gasteiger partial charge < -0.3 is 94.1 Å². The maximum Gasteiger partial charge on any atom is 0.328 e. The number of nitrogens with one attached hydrogen (secondary N) is 1. The predicted molar refractivity (Wildman–Crippen MR) is 295 cm³/mol. The van der Waals surface area contributed by atoms with Gasteiger partial charge in [-0.3, -0.25) is 14.4 Å². The largest absolute Gasteiger partial charge is 0.504 e. The van der Waals surface area contributed by atoms with Crippen molar-refractivity contribution in [1.82, 2.24) is 10.2 Å². The van der Waals surface area contributed by atoms with Crippen molar-refractivity contribution in [1.29, 1.82) is 0 Å². The Bertz CT molecular complexity index is 2580. The second-order valence-corrected chi connectivity index (χ2v) is 25.3. The lowest BCUT2D eigenvalue weighted by molar-refractivity contribution is -0.389. The second-order valence-electron chi connectivity index (χ2n) is 25.3. The highest BCUT2D eigenvalue weighted by Gasteiger charge is 2.68. The molecule has 10 N–H and O–H groups in total. The first-order chi connectivity index (χ1) is 40.1. The number of hydrogen-bond donors (Lipinski definition) is 10. The van der Waals surface area contributed by atoms with E-state index in [2.05, 4.69) is 12.2 Å². The molecular weight excluding hydrogens is 1100 g/mol. The molecule has 1 spiro atoms. The van der Waals surface area contributed by atoms with Crippen LogP contribution >= 0.6 is 0 Å². The Labute approximate surface area is 489 Å². The number of ether oxygens (including phenoxy) is 8. The quantitative estimate of drug-likeness (QED) is 0.0564. The van der Waals surface area contributed by atoms with Crippen LogP contribution in [0, 0.1) is 28.1 Å². The number of aliphatic carboxylic acids is 1. The highest BCUT2D eigenvalue weighted by atomic mass is 16.8. The van der Waals surface area contributed by atoms with Gasteiger partial charge in [-0.15, -0.1) is 0 Å². The summed E-state index contributed by atoms with van der Waals surface area (Å²) >= 11 is 0. The number of esters is 1. The first-order valence-electron chi connectivity index (χ1n) is 29.9. The minimum Gasteiger partial charge on any atom is -0.504 e. The molecular formula is C61H88N2O21. The zero-order valence-corrected chi connectivity index (χ0v) is 48.6. The van der Waals surface area contributed by atoms with Crippen LogP contribution in [0.4, 0.5) is 0 Å². The maximum absolute atomic E-state index is 16.0. The van der Waals surface area contributed by atoms with E-state index in [1.54, 1.807) is 42.5 Å². The SMILES string of the molecule is COC(=O)C(Cc1ccccc1)NC(=O)[C@@H](CC(=O)O)N(CCCc1ccc(OC)c(O)c1)C(=O)[C@]1(C)CCC[C@@]2(C)[C@@H]3CC[C@@]4(O[C@@H]5O[C@H](CCO)[C@@H](O)[C@H](O[C@@H]6O[C@H](CO)C[C@H](O)[C@H]6O)[C@H]5O[C@@H]5OC[C@@H](O)C[C@H]5O)CC[C@]3(CC[C@@H]21)C4. The number of nitrogens with zero attached hydrogens (tertiary/aromatic N) is 1. The van der Waals surface area contributed by atoms with Gasteiger partial charge in [0, 0.05) is 37.8 Å². The van der Waals surface area contributed by atoms with Crippen LogP contribution in [0.1, 0.15) is 121 Å². The van der Waals surface area contributed by atoms with Crippen LogP contribution < -0.4 is 10.1 Å². The molecule has 20 atom stereocenters. The van der Waals surface area contributed by atoms with Gasteiger partial charge >= 0.3 is 11.9 Å². The van der Waals surface area contributed by atoms with Crippen LogP contribution in [0.3, 0.4) is 0 Å². The molecule has 23 nitrogen and oxygen atoms in total. The van der Waals surface area contributed by atoms with E-state index in [1.807, 2.05) is 13.0 Å². The highest BCUT2D eigenvalue weighted by molar-refractivity contribution is 5.94. The fraction of sp³-hybridized carbons (Fsp3) is 0.738. The number of carbonyl (C=O) groups excluding carboxylic acids is 3. The first-order valence-corrected chi connectivity index (χ1v) is 29.9. The summed E-state index contributed by atoms with van der Waals surface area (Å²) in [5.41, 5.74) is -1.13. The number of aliphatic hydroxyl groups excluding tert-OH is 7. The number of phenolic OH excluding ortho intramolecular Hbond substituents is 1. The van der Waals surface area contributed by atoms with Crippen molar-refractivity contribution >= 4 is 23.8 Å². The van der Waals surface area contributed by atoms with Crippen LogP contribution in [0.25, 0.3) is 0 Å². The number of aromatic hydroxyl groups is 1. The third-order valence-corrected chi connectivity index (χ3v) is 20.0. The van der Waals surface area contributed by atoms with Crippen molar-refractivity contribution in [3.05, 3.63) is 59.7 Å². The van der Waals surface area contributed by atoms with Crippen molar-refractivity contribution in [3.8, 4) is 11.5 Å². The molecule has 1 unspecified atom stereocenters. The highest BCUT2D eigenvalue weighted by Crippen LogP contribution is 2.73. The van der Waals surface area contributed by atoms with Gasteiger partial charge in [-0.25, -0.2) is 4.79 Å². The molecule has 23 heteroatoms. The number of carbonyl (C=O) groups is 4. The van der Waals surface area contributed by atoms with Gasteiger partial charge in [0.25, 0.3) is 0 Å². The van der Waals surface area contributed by atoms with Gasteiger partial charge in [-0.2, -0.15) is 0 Å². The Balaban J connectivity index is 0.990. The number of aryl methyl sites for hydroxylation is 1. The van der Waals surface area contributed by atoms with Crippen molar-refractivity contribution < 1.29 is 103 Å². The molecule has 4 saturated carbocycles. The van der Waals surface area contributed by atoms with Gasteiger partial charge in [0.15, 0.2) is 30.4 Å². The zero-order chi connectivity index (χ0) is 60.3. The van der Waals surface area contributed by atoms with Crippen LogP contribution in [-0.4, -0.2) is 207 Å². The molecule has 3 saturated heterocycles. The molecule has 2 aromatic rings. The van der Waals surface area contributed by atoms with E-state index in [0.29, 0.717) is 64.2 Å². The Hall–Kier alpha value is -4.60. The molecule has 7 aliphatic rings. The van der Waals surface area contributed by atoms with Crippen LogP contribution in [0.2, 0.25) is 0 Å². The molecule has 0 radical (unpaired) electrons. The van der Waals surface area contributed by atoms with E-state index in [0.717, 1.165) is 24.0 Å². The lowest BCUT2D eigenvalue weighted by Gasteiger charge is -2.65. The molecule has 2 aromatic carbocycles. The van der Waals surface area contributed by atoms with E-state index in [4.69, 9.17) is 37.9 Å². The molecule has 468 valence electrons. The third kappa shape index (κ3) is 13.3. The van der Waals surface area contributed by atoms with E-state index < -0.39 is 140 Å². The first kappa shape index (κ1) is 63.9. The molecule has 3 heterocycles. The summed E-state index contributed by atoms with van der Waals surface area (Å²) in [5.74, 6) is -3.10. The summed E-state index contributed by atoms with van der Waals surface area (Å²) < 4.78 is 48.6. The van der Waals surface area contributed by atoms with E-state index >= 15 is 4.79 Å². The van der Waals surface area contributed by atoms with Crippen LogP contribution in [0.5, 0.6) is 11.5 Å². The van der Waals surface area contributed by atoms with E-state index in [9.17, 15) is 60.3 Å². The summed E-state index contributed by atoms with van der Waals surface area (Å²) in [7, 11) is 2.65. The Morgan fingerprint density at radius 1 is 0.810 bits per heavy atom. The average molecular weight is 1190 g/mol. The normalized spacial score (nSPS) is 38.1. The fourth-order valence-electron chi connectivity index (χ4n) is 16.1. The topological polar surface area (TPSA) is 339 Å². The molecule has 7 fully saturated rings. The maximum atomic E-state index is 16.0. The molecule has 84 heavy (non-hydrogen) atoms. The summed E-state index contributed by atoms with van der Waals surface area (Å²) in [4.78, 5) is 58.5. The fourth-order valence-corrected chi connectivity index (χ4v) is 16.1. The number of carboxylic acid groups (broad SMARTS) is 1. The molecule has 3 aliphatic heterocycles. The Morgan fingerprint density at radius 2 is 1.56 bits per heavy atom. The second kappa shape index (κ2) is 26.8. The Kier molecular flexibility index (Phi) is 20.4.